The first-order valence-corrected chi connectivity index (χ1v) is 16.9. The summed E-state index contributed by atoms with van der Waals surface area (Å²) in [4.78, 5) is 14.4. The summed E-state index contributed by atoms with van der Waals surface area (Å²) in [6.45, 7) is 7.40. The molecule has 0 spiro atoms. The Hall–Kier alpha value is -3.64. The summed E-state index contributed by atoms with van der Waals surface area (Å²) >= 11 is 0. The maximum Gasteiger partial charge on any atom is 0.410 e. The average Bonchev–Trinajstić information content (AvgIpc) is 3.39. The van der Waals surface area contributed by atoms with E-state index in [4.69, 9.17) is 23.7 Å². The standard InChI is InChI=1S/C34H42N2O8S/c1-34(2)42-25-28-22-27(15-16-31(28)44-34)32-23-36(33(37)43-32)17-8-3-4-9-18-40-19-20-41-24-26-11-10-12-29(21-26)35-45(38,39)30-13-6-5-7-14-30/h5-7,10-16,21-22,32,35H,3-4,8-9,17-20,23-25H2,1-2H3. The Labute approximate surface area is 265 Å². The van der Waals surface area contributed by atoms with E-state index in [9.17, 15) is 13.2 Å². The second-order valence-corrected chi connectivity index (χ2v) is 13.4. The average molecular weight is 639 g/mol. The molecule has 1 atom stereocenters. The second-order valence-electron chi connectivity index (χ2n) is 11.7. The molecule has 0 aromatic heterocycles. The van der Waals surface area contributed by atoms with Crippen molar-refractivity contribution in [2.24, 2.45) is 0 Å². The van der Waals surface area contributed by atoms with Crippen LogP contribution in [-0.4, -0.2) is 58.1 Å². The van der Waals surface area contributed by atoms with Gasteiger partial charge in [-0.3, -0.25) is 4.72 Å². The van der Waals surface area contributed by atoms with E-state index in [2.05, 4.69) is 4.72 Å². The first-order chi connectivity index (χ1) is 21.7. The number of carbonyl (C=O) groups is 1. The smallest absolute Gasteiger partial charge is 0.410 e. The second kappa shape index (κ2) is 15.1. The maximum atomic E-state index is 12.6. The molecule has 3 aromatic carbocycles. The molecule has 1 fully saturated rings. The predicted molar refractivity (Wildman–Crippen MR) is 169 cm³/mol. The van der Waals surface area contributed by atoms with Crippen LogP contribution in [0.2, 0.25) is 0 Å². The first kappa shape index (κ1) is 32.7. The summed E-state index contributed by atoms with van der Waals surface area (Å²) in [7, 11) is -3.64. The lowest BCUT2D eigenvalue weighted by molar-refractivity contribution is -0.180. The van der Waals surface area contributed by atoms with Crippen molar-refractivity contribution >= 4 is 21.8 Å². The number of nitrogens with zero attached hydrogens (tertiary/aromatic N) is 1. The number of hydrogen-bond donors (Lipinski definition) is 1. The van der Waals surface area contributed by atoms with E-state index in [1.807, 2.05) is 38.1 Å². The molecule has 1 amide bonds. The van der Waals surface area contributed by atoms with Gasteiger partial charge in [0.1, 0.15) is 11.9 Å². The van der Waals surface area contributed by atoms with Crippen LogP contribution in [-0.2, 0) is 42.2 Å². The molecule has 2 heterocycles. The lowest BCUT2D eigenvalue weighted by Gasteiger charge is -2.32. The van der Waals surface area contributed by atoms with E-state index < -0.39 is 15.8 Å². The van der Waals surface area contributed by atoms with Gasteiger partial charge in [-0.15, -0.1) is 0 Å². The Kier molecular flexibility index (Phi) is 11.0. The highest BCUT2D eigenvalue weighted by molar-refractivity contribution is 7.92. The molecule has 242 valence electrons. The van der Waals surface area contributed by atoms with E-state index >= 15 is 0 Å². The lowest BCUT2D eigenvalue weighted by atomic mass is 10.0. The quantitative estimate of drug-likeness (QED) is 0.179. The molecule has 2 aliphatic heterocycles. The van der Waals surface area contributed by atoms with Crippen LogP contribution in [0.4, 0.5) is 10.5 Å². The zero-order chi connectivity index (χ0) is 31.7. The third kappa shape index (κ3) is 9.43. The molecular weight excluding hydrogens is 596 g/mol. The van der Waals surface area contributed by atoms with Crippen LogP contribution in [0.15, 0.2) is 77.7 Å². The van der Waals surface area contributed by atoms with Gasteiger partial charge in [-0.1, -0.05) is 49.2 Å². The topological polar surface area (TPSA) is 113 Å². The molecule has 1 N–H and O–H groups in total. The molecule has 0 bridgehead atoms. The number of hydrogen-bond acceptors (Lipinski definition) is 8. The SMILES string of the molecule is CC1(C)OCc2cc(C3CN(CCCCCCOCCOCc4cccc(NS(=O)(=O)c5ccccc5)c4)C(=O)O3)ccc2O1. The van der Waals surface area contributed by atoms with Crippen molar-refractivity contribution in [1.29, 1.82) is 0 Å². The Morgan fingerprint density at radius 2 is 1.71 bits per heavy atom. The first-order valence-electron chi connectivity index (χ1n) is 15.4. The molecule has 5 rings (SSSR count). The summed E-state index contributed by atoms with van der Waals surface area (Å²) in [5.74, 6) is 0.168. The number of amides is 1. The number of anilines is 1. The van der Waals surface area contributed by atoms with E-state index in [0.29, 0.717) is 51.8 Å². The molecular formula is C34H42N2O8S. The zero-order valence-corrected chi connectivity index (χ0v) is 26.7. The molecule has 0 saturated carbocycles. The number of rotatable bonds is 16. The fraction of sp³-hybridized carbons (Fsp3) is 0.441. The number of sulfonamides is 1. The third-order valence-electron chi connectivity index (χ3n) is 7.61. The predicted octanol–water partition coefficient (Wildman–Crippen LogP) is 6.42. The highest BCUT2D eigenvalue weighted by Gasteiger charge is 2.33. The normalized spacial score (nSPS) is 17.4. The number of carbonyl (C=O) groups excluding carboxylic acids is 1. The number of fused-ring (bicyclic) bond motifs is 1. The van der Waals surface area contributed by atoms with Gasteiger partial charge in [0.2, 0.25) is 5.79 Å². The minimum atomic E-state index is -3.64. The van der Waals surface area contributed by atoms with Gasteiger partial charge in [0.25, 0.3) is 10.0 Å². The Morgan fingerprint density at radius 3 is 2.56 bits per heavy atom. The summed E-state index contributed by atoms with van der Waals surface area (Å²) in [6, 6.07) is 21.3. The Bertz CT molecular complexity index is 1530. The highest BCUT2D eigenvalue weighted by Crippen LogP contribution is 2.35. The largest absolute Gasteiger partial charge is 0.463 e. The third-order valence-corrected chi connectivity index (χ3v) is 9.01. The van der Waals surface area contributed by atoms with Crippen LogP contribution in [0.1, 0.15) is 62.3 Å². The van der Waals surface area contributed by atoms with Crippen molar-refractivity contribution in [3.8, 4) is 5.75 Å². The minimum absolute atomic E-state index is 0.215. The molecule has 2 aliphatic rings. The summed E-state index contributed by atoms with van der Waals surface area (Å²) in [6.07, 6.45) is 3.31. The molecule has 11 heteroatoms. The van der Waals surface area contributed by atoms with E-state index in [1.54, 1.807) is 53.4 Å². The van der Waals surface area contributed by atoms with Gasteiger partial charge in [-0.2, -0.15) is 0 Å². The number of nitrogens with one attached hydrogen (secondary N) is 1. The molecule has 10 nitrogen and oxygen atoms in total. The monoisotopic (exact) mass is 638 g/mol. The molecule has 3 aromatic rings. The number of cyclic esters (lactones) is 1. The molecule has 1 saturated heterocycles. The van der Waals surface area contributed by atoms with Crippen molar-refractivity contribution in [1.82, 2.24) is 4.90 Å². The number of unbranched alkanes of at least 4 members (excludes halogenated alkanes) is 3. The van der Waals surface area contributed by atoms with Gasteiger partial charge in [-0.05, 0) is 60.4 Å². The van der Waals surface area contributed by atoms with E-state index in [0.717, 1.165) is 48.1 Å². The van der Waals surface area contributed by atoms with E-state index in [1.165, 1.54) is 0 Å². The van der Waals surface area contributed by atoms with Gasteiger partial charge < -0.3 is 28.6 Å². The van der Waals surface area contributed by atoms with Crippen molar-refractivity contribution in [3.63, 3.8) is 0 Å². The fourth-order valence-corrected chi connectivity index (χ4v) is 6.30. The minimum Gasteiger partial charge on any atom is -0.463 e. The fourth-order valence-electron chi connectivity index (χ4n) is 5.23. The molecule has 45 heavy (non-hydrogen) atoms. The van der Waals surface area contributed by atoms with Crippen LogP contribution in [0.5, 0.6) is 5.75 Å². The Balaban J connectivity index is 0.906. The molecule has 0 radical (unpaired) electrons. The summed E-state index contributed by atoms with van der Waals surface area (Å²) in [5, 5.41) is 0. The van der Waals surface area contributed by atoms with Gasteiger partial charge in [0, 0.05) is 38.2 Å². The number of benzene rings is 3. The zero-order valence-electron chi connectivity index (χ0n) is 25.9. The van der Waals surface area contributed by atoms with Crippen molar-refractivity contribution in [2.75, 3.05) is 37.6 Å². The van der Waals surface area contributed by atoms with Crippen LogP contribution < -0.4 is 9.46 Å². The van der Waals surface area contributed by atoms with Gasteiger partial charge >= 0.3 is 6.09 Å². The van der Waals surface area contributed by atoms with Crippen molar-refractivity contribution in [2.45, 2.75) is 69.5 Å². The number of ether oxygens (including phenoxy) is 5. The summed E-state index contributed by atoms with van der Waals surface area (Å²) in [5.41, 5.74) is 3.28. The van der Waals surface area contributed by atoms with Crippen LogP contribution in [0.25, 0.3) is 0 Å². The van der Waals surface area contributed by atoms with Gasteiger partial charge in [-0.25, -0.2) is 13.2 Å². The summed E-state index contributed by atoms with van der Waals surface area (Å²) < 4.78 is 56.4. The van der Waals surface area contributed by atoms with Crippen LogP contribution >= 0.6 is 0 Å². The lowest BCUT2D eigenvalue weighted by Crippen LogP contribution is -2.35. The molecule has 1 unspecified atom stereocenters. The maximum absolute atomic E-state index is 12.6. The van der Waals surface area contributed by atoms with Crippen molar-refractivity contribution in [3.05, 3.63) is 89.5 Å². The van der Waals surface area contributed by atoms with Crippen molar-refractivity contribution < 1.29 is 36.9 Å². The van der Waals surface area contributed by atoms with Gasteiger partial charge in [0.05, 0.1) is 37.9 Å². The Morgan fingerprint density at radius 1 is 0.911 bits per heavy atom. The van der Waals surface area contributed by atoms with Crippen LogP contribution in [0.3, 0.4) is 0 Å². The highest BCUT2D eigenvalue weighted by atomic mass is 32.2. The van der Waals surface area contributed by atoms with E-state index in [-0.39, 0.29) is 17.1 Å². The van der Waals surface area contributed by atoms with Crippen LogP contribution in [0, 0.1) is 0 Å². The van der Waals surface area contributed by atoms with Gasteiger partial charge in [0.15, 0.2) is 0 Å². The molecule has 0 aliphatic carbocycles.